The first-order valence-electron chi connectivity index (χ1n) is 12.7. The van der Waals surface area contributed by atoms with E-state index in [0.717, 1.165) is 57.4 Å². The molecular formula is C25H43BN2O4. The molecule has 6 unspecified atom stereocenters. The average molecular weight is 446 g/mol. The zero-order valence-corrected chi connectivity index (χ0v) is 20.8. The van der Waals surface area contributed by atoms with Crippen molar-refractivity contribution in [2.24, 2.45) is 17.3 Å². The summed E-state index contributed by atoms with van der Waals surface area (Å²) in [5.41, 5.74) is 0.0856. The van der Waals surface area contributed by atoms with Gasteiger partial charge < -0.3 is 19.4 Å². The molecule has 5 rings (SSSR count). The molecule has 0 aromatic heterocycles. The van der Waals surface area contributed by atoms with Crippen LogP contribution in [-0.2, 0) is 18.8 Å². The number of carbonyl (C=O) groups is 1. The summed E-state index contributed by atoms with van der Waals surface area (Å²) in [6.45, 7) is 8.68. The monoisotopic (exact) mass is 446 g/mol. The number of amides is 1. The largest absolute Gasteiger partial charge is 0.481 e. The fourth-order valence-corrected chi connectivity index (χ4v) is 6.78. The Balaban J connectivity index is 1.39. The molecule has 7 heteroatoms. The van der Waals surface area contributed by atoms with E-state index in [1.807, 2.05) is 7.05 Å². The molecule has 2 saturated heterocycles. The second-order valence-corrected chi connectivity index (χ2v) is 11.3. The molecule has 2 bridgehead atoms. The van der Waals surface area contributed by atoms with E-state index in [0.29, 0.717) is 17.9 Å². The van der Waals surface area contributed by atoms with Crippen LogP contribution < -0.4 is 5.32 Å². The highest BCUT2D eigenvalue weighted by Crippen LogP contribution is 2.65. The van der Waals surface area contributed by atoms with Crippen LogP contribution in [0.1, 0.15) is 72.1 Å². The molecule has 1 N–H and O–H groups in total. The molecule has 0 spiro atoms. The number of likely N-dealkylation sites (tertiary alicyclic amines) is 1. The maximum atomic E-state index is 13.1. The number of unbranched alkanes of at least 4 members (excludes halogenated alkanes) is 2. The van der Waals surface area contributed by atoms with E-state index in [9.17, 15) is 4.79 Å². The number of rotatable bonds is 10. The van der Waals surface area contributed by atoms with Crippen LogP contribution in [0, 0.1) is 17.3 Å². The van der Waals surface area contributed by atoms with Crippen molar-refractivity contribution < 1.29 is 18.8 Å². The third-order valence-electron chi connectivity index (χ3n) is 9.01. The number of hydrogen-bond donors (Lipinski definition) is 1. The molecule has 0 radical (unpaired) electrons. The zero-order valence-electron chi connectivity index (χ0n) is 20.8. The van der Waals surface area contributed by atoms with Crippen molar-refractivity contribution >= 4 is 13.0 Å². The van der Waals surface area contributed by atoms with E-state index in [4.69, 9.17) is 14.0 Å². The van der Waals surface area contributed by atoms with Crippen molar-refractivity contribution in [1.82, 2.24) is 10.2 Å². The predicted octanol–water partition coefficient (Wildman–Crippen LogP) is 3.60. The van der Waals surface area contributed by atoms with Crippen molar-refractivity contribution in [1.29, 1.82) is 0 Å². The van der Waals surface area contributed by atoms with Gasteiger partial charge in [-0.2, -0.15) is 0 Å². The van der Waals surface area contributed by atoms with E-state index in [1.165, 1.54) is 6.42 Å². The van der Waals surface area contributed by atoms with Gasteiger partial charge in [-0.05, 0) is 82.7 Å². The van der Waals surface area contributed by atoms with Crippen LogP contribution in [0.3, 0.4) is 0 Å². The maximum absolute atomic E-state index is 13.1. The Morgan fingerprint density at radius 2 is 2.09 bits per heavy atom. The highest BCUT2D eigenvalue weighted by atomic mass is 16.7. The van der Waals surface area contributed by atoms with Gasteiger partial charge in [0.2, 0.25) is 5.91 Å². The molecule has 5 aliphatic rings. The third kappa shape index (κ3) is 4.55. The normalized spacial score (nSPS) is 36.8. The summed E-state index contributed by atoms with van der Waals surface area (Å²) in [4.78, 5) is 15.3. The average Bonchev–Trinajstić information content (AvgIpc) is 3.34. The van der Waals surface area contributed by atoms with Crippen LogP contribution >= 0.6 is 0 Å². The fraction of sp³-hybridized carbons (Fsp3) is 0.880. The number of allylic oxidation sites excluding steroid dienone is 1. The minimum Gasteiger partial charge on any atom is -0.404 e. The van der Waals surface area contributed by atoms with Gasteiger partial charge in [0.1, 0.15) is 0 Å². The third-order valence-corrected chi connectivity index (χ3v) is 9.01. The molecule has 32 heavy (non-hydrogen) atoms. The van der Waals surface area contributed by atoms with E-state index in [-0.39, 0.29) is 36.7 Å². The van der Waals surface area contributed by atoms with Gasteiger partial charge in [-0.1, -0.05) is 32.4 Å². The number of ether oxygens (including phenoxy) is 1. The molecule has 2 heterocycles. The van der Waals surface area contributed by atoms with Crippen LogP contribution in [0.25, 0.3) is 0 Å². The Morgan fingerprint density at radius 3 is 2.78 bits per heavy atom. The minimum absolute atomic E-state index is 0.0273. The lowest BCUT2D eigenvalue weighted by Gasteiger charge is -2.64. The summed E-state index contributed by atoms with van der Waals surface area (Å²) in [5.74, 6) is 1.30. The van der Waals surface area contributed by atoms with Crippen molar-refractivity contribution in [3.63, 3.8) is 0 Å². The molecule has 6 atom stereocenters. The number of likely N-dealkylation sites (N-methyl/N-ethyl adjacent to an activating group) is 1. The van der Waals surface area contributed by atoms with Gasteiger partial charge in [-0.15, -0.1) is 0 Å². The van der Waals surface area contributed by atoms with Gasteiger partial charge in [0, 0.05) is 7.11 Å². The lowest BCUT2D eigenvalue weighted by Crippen LogP contribution is -2.65. The summed E-state index contributed by atoms with van der Waals surface area (Å²) in [5, 5.41) is 3.35. The second kappa shape index (κ2) is 9.77. The molecule has 0 aromatic carbocycles. The Labute approximate surface area is 194 Å². The Kier molecular flexibility index (Phi) is 7.40. The molecule has 3 aliphatic carbocycles. The van der Waals surface area contributed by atoms with Crippen molar-refractivity contribution in [2.75, 3.05) is 27.3 Å². The van der Waals surface area contributed by atoms with Gasteiger partial charge in [0.25, 0.3) is 0 Å². The van der Waals surface area contributed by atoms with Crippen LogP contribution in [0.15, 0.2) is 12.2 Å². The number of carbonyl (C=O) groups excluding carboxylic acids is 1. The first-order chi connectivity index (χ1) is 15.3. The topological polar surface area (TPSA) is 60.0 Å². The van der Waals surface area contributed by atoms with E-state index < -0.39 is 0 Å². The first-order valence-corrected chi connectivity index (χ1v) is 12.7. The van der Waals surface area contributed by atoms with E-state index in [2.05, 4.69) is 43.1 Å². The summed E-state index contributed by atoms with van der Waals surface area (Å²) in [6.07, 6.45) is 12.8. The van der Waals surface area contributed by atoms with Crippen LogP contribution in [0.2, 0.25) is 0 Å². The summed E-state index contributed by atoms with van der Waals surface area (Å²) in [6, 6.07) is -0.0273. The summed E-state index contributed by atoms with van der Waals surface area (Å²) < 4.78 is 18.3. The summed E-state index contributed by atoms with van der Waals surface area (Å²) >= 11 is 0. The molecule has 6 nitrogen and oxygen atoms in total. The van der Waals surface area contributed by atoms with Gasteiger partial charge in [0.15, 0.2) is 0 Å². The molecule has 2 aliphatic heterocycles. The van der Waals surface area contributed by atoms with Crippen molar-refractivity contribution in [3.05, 3.63) is 12.2 Å². The Morgan fingerprint density at radius 1 is 1.28 bits per heavy atom. The number of hydrogen-bond acceptors (Lipinski definition) is 5. The molecule has 0 aromatic rings. The Bertz CT molecular complexity index is 701. The van der Waals surface area contributed by atoms with Crippen LogP contribution in [-0.4, -0.2) is 68.9 Å². The van der Waals surface area contributed by atoms with Gasteiger partial charge >= 0.3 is 7.12 Å². The van der Waals surface area contributed by atoms with Crippen molar-refractivity contribution in [2.45, 2.75) is 95.8 Å². The molecule has 5 fully saturated rings. The van der Waals surface area contributed by atoms with Crippen molar-refractivity contribution in [3.8, 4) is 0 Å². The van der Waals surface area contributed by atoms with Gasteiger partial charge in [0.05, 0.1) is 30.3 Å². The molecule has 1 amide bonds. The number of methoxy groups -OCH3 is 1. The fourth-order valence-electron chi connectivity index (χ4n) is 6.78. The highest BCUT2D eigenvalue weighted by molar-refractivity contribution is 6.47. The van der Waals surface area contributed by atoms with Gasteiger partial charge in [-0.3, -0.25) is 9.69 Å². The zero-order chi connectivity index (χ0) is 22.9. The smallest absolute Gasteiger partial charge is 0.404 e. The predicted molar refractivity (Wildman–Crippen MR) is 127 cm³/mol. The lowest BCUT2D eigenvalue weighted by molar-refractivity contribution is -0.199. The first kappa shape index (κ1) is 24.2. The standard InChI is InChI=1S/C25H43BN2O4/c1-24(2)18-16-20(24)25(3)21(17-18)31-26(32-25)22(13-9-7-6-8-10-15-30-5)27-23(29)19-12-11-14-28(19)4/h8,10,18-22H,6-7,9,11-17H2,1-5H3,(H,27,29)/b10-8+. The number of nitrogens with one attached hydrogen (secondary N) is 1. The quantitative estimate of drug-likeness (QED) is 0.316. The maximum Gasteiger partial charge on any atom is 0.481 e. The SMILES string of the molecule is COC/C=C/CCCCC(NC(=O)C1CCCN1C)B1OC2CC3CC(C3(C)C)C2(C)O1. The number of nitrogens with zero attached hydrogens (tertiary/aromatic N) is 1. The van der Waals surface area contributed by atoms with E-state index >= 15 is 0 Å². The molecular weight excluding hydrogens is 403 g/mol. The molecule has 3 saturated carbocycles. The van der Waals surface area contributed by atoms with Gasteiger partial charge in [-0.25, -0.2) is 0 Å². The Hall–Kier alpha value is -0.885. The lowest BCUT2D eigenvalue weighted by atomic mass is 9.43. The minimum atomic E-state index is -0.347. The summed E-state index contributed by atoms with van der Waals surface area (Å²) in [7, 11) is 3.41. The highest BCUT2D eigenvalue weighted by Gasteiger charge is 2.68. The van der Waals surface area contributed by atoms with E-state index in [1.54, 1.807) is 7.11 Å². The van der Waals surface area contributed by atoms with Crippen LogP contribution in [0.4, 0.5) is 0 Å². The second-order valence-electron chi connectivity index (χ2n) is 11.3. The van der Waals surface area contributed by atoms with Crippen LogP contribution in [0.5, 0.6) is 0 Å². The molecule has 180 valence electrons.